The minimum Gasteiger partial charge on any atom is -0.191 e. The molecule has 0 spiro atoms. The number of benzene rings is 2. The quantitative estimate of drug-likeness (QED) is 0.118. The lowest BCUT2D eigenvalue weighted by atomic mass is 10.3. The second kappa shape index (κ2) is 12.1. The standard InChI is InChI=1S/C25H22N2S3.BrH/c1-5-17-27(29-20-7-3,22-13-9-11-15-24(22)28-19-6-2)18-16-25-26(4)21-12-8-10-14-23(21)30-25;/h1-3,8-16,18H,17,19-20H2,4H3;1H/q+2;. The fourth-order valence-electron chi connectivity index (χ4n) is 3.13. The molecule has 0 amide bonds. The first-order valence-electron chi connectivity index (χ1n) is 9.27. The Morgan fingerprint density at radius 1 is 1.00 bits per heavy atom. The van der Waals surface area contributed by atoms with E-state index in [4.69, 9.17) is 19.3 Å². The second-order valence-corrected chi connectivity index (χ2v) is 9.66. The second-order valence-electron chi connectivity index (χ2n) is 6.38. The fourth-order valence-corrected chi connectivity index (χ4v) is 5.94. The van der Waals surface area contributed by atoms with E-state index in [0.717, 1.165) is 15.6 Å². The molecular weight excluding hydrogens is 504 g/mol. The van der Waals surface area contributed by atoms with Crippen LogP contribution in [0.1, 0.15) is 5.01 Å². The fraction of sp³-hybridized carbons (Fsp3) is 0.160. The maximum absolute atomic E-state index is 5.83. The number of fused-ring (bicyclic) bond motifs is 1. The highest BCUT2D eigenvalue weighted by atomic mass is 79.9. The molecule has 0 N–H and O–H groups in total. The molecule has 2 nitrogen and oxygen atoms in total. The van der Waals surface area contributed by atoms with Crippen LogP contribution >= 0.6 is 52.0 Å². The number of thiazole rings is 1. The summed E-state index contributed by atoms with van der Waals surface area (Å²) in [7, 11) is 2.08. The molecule has 156 valence electrons. The van der Waals surface area contributed by atoms with Gasteiger partial charge < -0.3 is 0 Å². The lowest BCUT2D eigenvalue weighted by Crippen LogP contribution is -2.38. The van der Waals surface area contributed by atoms with Gasteiger partial charge in [0.15, 0.2) is 12.2 Å². The Bertz CT molecular complexity index is 1190. The largest absolute Gasteiger partial charge is 0.267 e. The Hall–Kier alpha value is -2.11. The van der Waals surface area contributed by atoms with Gasteiger partial charge in [0, 0.05) is 12.1 Å². The van der Waals surface area contributed by atoms with E-state index in [2.05, 4.69) is 78.1 Å². The zero-order valence-electron chi connectivity index (χ0n) is 17.2. The van der Waals surface area contributed by atoms with Crippen LogP contribution < -0.4 is 8.46 Å². The van der Waals surface area contributed by atoms with Crippen molar-refractivity contribution in [2.45, 2.75) is 4.90 Å². The molecule has 1 heterocycles. The highest BCUT2D eigenvalue weighted by Gasteiger charge is 2.33. The van der Waals surface area contributed by atoms with E-state index in [1.54, 1.807) is 35.0 Å². The molecule has 0 aliphatic carbocycles. The van der Waals surface area contributed by atoms with Gasteiger partial charge >= 0.3 is 0 Å². The first-order valence-corrected chi connectivity index (χ1v) is 12.0. The normalized spacial score (nSPS) is 12.5. The summed E-state index contributed by atoms with van der Waals surface area (Å²) in [6.07, 6.45) is 21.3. The molecule has 0 aliphatic heterocycles. The van der Waals surface area contributed by atoms with E-state index in [0.29, 0.717) is 21.9 Å². The molecule has 3 rings (SSSR count). The number of nitrogens with zero attached hydrogens (tertiary/aromatic N) is 2. The number of aryl methyl sites for hydroxylation is 1. The van der Waals surface area contributed by atoms with Crippen LogP contribution in [0.4, 0.5) is 5.69 Å². The lowest BCUT2D eigenvalue weighted by molar-refractivity contribution is -0.642. The highest BCUT2D eigenvalue weighted by Crippen LogP contribution is 2.40. The number of halogens is 1. The molecule has 0 saturated heterocycles. The maximum atomic E-state index is 5.83. The van der Waals surface area contributed by atoms with E-state index in [1.807, 2.05) is 12.1 Å². The molecule has 1 unspecified atom stereocenters. The Balaban J connectivity index is 0.00000341. The summed E-state index contributed by atoms with van der Waals surface area (Å²) in [5.74, 6) is 9.45. The van der Waals surface area contributed by atoms with Crippen LogP contribution in [-0.4, -0.2) is 18.1 Å². The third-order valence-corrected chi connectivity index (χ3v) is 7.87. The smallest absolute Gasteiger partial charge is 0.191 e. The van der Waals surface area contributed by atoms with Crippen LogP contribution in [0.5, 0.6) is 0 Å². The van der Waals surface area contributed by atoms with Gasteiger partial charge in [0.2, 0.25) is 5.52 Å². The van der Waals surface area contributed by atoms with Crippen LogP contribution in [-0.2, 0) is 7.05 Å². The van der Waals surface area contributed by atoms with E-state index >= 15 is 0 Å². The molecule has 0 saturated carbocycles. The predicted molar refractivity (Wildman–Crippen MR) is 145 cm³/mol. The molecule has 0 aliphatic rings. The van der Waals surface area contributed by atoms with E-state index in [-0.39, 0.29) is 17.0 Å². The van der Waals surface area contributed by atoms with Crippen molar-refractivity contribution in [3.05, 3.63) is 59.7 Å². The minimum atomic E-state index is 0. The summed E-state index contributed by atoms with van der Waals surface area (Å²) in [5, 5.41) is 1.14. The van der Waals surface area contributed by atoms with Gasteiger partial charge in [0.1, 0.15) is 23.7 Å². The van der Waals surface area contributed by atoms with E-state index in [9.17, 15) is 0 Å². The first kappa shape index (κ1) is 25.2. The number of terminal acetylenes is 3. The Morgan fingerprint density at radius 2 is 1.71 bits per heavy atom. The molecule has 6 heteroatoms. The summed E-state index contributed by atoms with van der Waals surface area (Å²) in [6.45, 7) is 0.477. The van der Waals surface area contributed by atoms with Crippen LogP contribution in [0, 0.1) is 37.0 Å². The van der Waals surface area contributed by atoms with Crippen molar-refractivity contribution in [2.75, 3.05) is 18.1 Å². The Labute approximate surface area is 208 Å². The average Bonchev–Trinajstić information content (AvgIpc) is 3.10. The van der Waals surface area contributed by atoms with Gasteiger partial charge in [-0.2, -0.15) is 8.46 Å². The summed E-state index contributed by atoms with van der Waals surface area (Å²) >= 11 is 5.02. The molecule has 0 bridgehead atoms. The van der Waals surface area contributed by atoms with E-state index < -0.39 is 0 Å². The highest BCUT2D eigenvalue weighted by molar-refractivity contribution is 8.93. The van der Waals surface area contributed by atoms with Crippen molar-refractivity contribution in [3.8, 4) is 37.0 Å². The van der Waals surface area contributed by atoms with Gasteiger partial charge in [-0.3, -0.25) is 0 Å². The third-order valence-electron chi connectivity index (χ3n) is 4.52. The molecule has 1 aromatic heterocycles. The average molecular weight is 528 g/mol. The van der Waals surface area contributed by atoms with E-state index in [1.165, 1.54) is 10.2 Å². The number of hydrogen-bond acceptors (Lipinski definition) is 3. The van der Waals surface area contributed by atoms with Crippen molar-refractivity contribution >= 4 is 74.0 Å². The molecule has 2 aromatic carbocycles. The van der Waals surface area contributed by atoms with Gasteiger partial charge in [-0.25, -0.2) is 0 Å². The number of hydrogen-bond donors (Lipinski definition) is 0. The van der Waals surface area contributed by atoms with Crippen molar-refractivity contribution < 1.29 is 4.57 Å². The Morgan fingerprint density at radius 3 is 2.42 bits per heavy atom. The number of para-hydroxylation sites is 2. The minimum absolute atomic E-state index is 0. The first-order chi connectivity index (χ1) is 14.6. The predicted octanol–water partition coefficient (Wildman–Crippen LogP) is 5.92. The van der Waals surface area contributed by atoms with Gasteiger partial charge in [0.25, 0.3) is 5.01 Å². The summed E-state index contributed by atoms with van der Waals surface area (Å²) in [4.78, 5) is 1.11. The van der Waals surface area contributed by atoms with Crippen LogP contribution in [0.3, 0.4) is 0 Å². The molecular formula is C25H23BrN2S3+2. The molecule has 31 heavy (non-hydrogen) atoms. The lowest BCUT2D eigenvalue weighted by Gasteiger charge is -2.30. The van der Waals surface area contributed by atoms with Gasteiger partial charge in [-0.15, -0.1) is 48.0 Å². The van der Waals surface area contributed by atoms with Crippen molar-refractivity contribution in [2.24, 2.45) is 7.05 Å². The zero-order valence-corrected chi connectivity index (χ0v) is 21.3. The summed E-state index contributed by atoms with van der Waals surface area (Å²) in [6, 6.07) is 16.6. The van der Waals surface area contributed by atoms with Crippen LogP contribution in [0.15, 0.2) is 59.6 Å². The zero-order chi connectivity index (χ0) is 21.4. The van der Waals surface area contributed by atoms with Gasteiger partial charge in [0.05, 0.1) is 28.7 Å². The third kappa shape index (κ3) is 5.78. The molecule has 3 aromatic rings. The molecule has 1 atom stereocenters. The topological polar surface area (TPSA) is 3.88 Å². The maximum Gasteiger partial charge on any atom is 0.267 e. The molecule has 0 fully saturated rings. The molecule has 0 radical (unpaired) electrons. The SMILES string of the molecule is Br.C#CCSc1ccccc1[N+](C=Cc1sc2ccccc2[n+]1C)(CC#C)SCC#C. The van der Waals surface area contributed by atoms with Crippen LogP contribution in [0.25, 0.3) is 16.3 Å². The van der Waals surface area contributed by atoms with Crippen molar-refractivity contribution in [1.29, 1.82) is 0 Å². The number of quaternary nitrogens is 1. The van der Waals surface area contributed by atoms with Crippen LogP contribution in [0.2, 0.25) is 0 Å². The van der Waals surface area contributed by atoms with Crippen molar-refractivity contribution in [1.82, 2.24) is 3.89 Å². The number of thioether (sulfide) groups is 1. The van der Waals surface area contributed by atoms with Gasteiger partial charge in [-0.1, -0.05) is 47.4 Å². The number of aromatic nitrogens is 1. The number of rotatable bonds is 8. The monoisotopic (exact) mass is 526 g/mol. The van der Waals surface area contributed by atoms with Gasteiger partial charge in [-0.05, 0) is 18.1 Å². The van der Waals surface area contributed by atoms with Crippen molar-refractivity contribution in [3.63, 3.8) is 0 Å². The summed E-state index contributed by atoms with van der Waals surface area (Å²) < 4.78 is 3.85. The Kier molecular flexibility index (Phi) is 9.79. The summed E-state index contributed by atoms with van der Waals surface area (Å²) in [5.41, 5.74) is 2.30.